The zero-order chi connectivity index (χ0) is 26.5. The average molecular weight is 518 g/mol. The molecule has 0 saturated heterocycles. The lowest BCUT2D eigenvalue weighted by molar-refractivity contribution is -0.202. The Bertz CT molecular complexity index is 1030. The van der Waals surface area contributed by atoms with E-state index in [4.69, 9.17) is 11.5 Å². The molecular formula is C21H26F3N5O5S. The molecule has 0 spiro atoms. The monoisotopic (exact) mass is 517 g/mol. The highest BCUT2D eigenvalue weighted by atomic mass is 32.1. The summed E-state index contributed by atoms with van der Waals surface area (Å²) in [5, 5.41) is -0.383. The number of hydrogen-bond acceptors (Lipinski definition) is 7. The topological polar surface area (TPSA) is 148 Å². The van der Waals surface area contributed by atoms with Gasteiger partial charge >= 0.3 is 18.1 Å². The van der Waals surface area contributed by atoms with Gasteiger partial charge in [-0.3, -0.25) is 14.4 Å². The molecule has 2 amide bonds. The van der Waals surface area contributed by atoms with E-state index >= 15 is 0 Å². The molecular weight excluding hydrogens is 491 g/mol. The van der Waals surface area contributed by atoms with Crippen molar-refractivity contribution < 1.29 is 37.1 Å². The van der Waals surface area contributed by atoms with E-state index < -0.39 is 48.9 Å². The Balaban J connectivity index is 2.19. The number of ether oxygens (including phenoxy) is 1. The molecule has 1 heterocycles. The van der Waals surface area contributed by atoms with Crippen LogP contribution in [0.4, 0.5) is 18.9 Å². The van der Waals surface area contributed by atoms with Gasteiger partial charge < -0.3 is 26.0 Å². The number of likely N-dealkylation sites (N-methyl/N-ethyl adjacent to an activating group) is 1. The van der Waals surface area contributed by atoms with Crippen molar-refractivity contribution >= 4 is 48.0 Å². The van der Waals surface area contributed by atoms with Crippen molar-refractivity contribution in [3.05, 3.63) is 29.3 Å². The third-order valence-corrected chi connectivity index (χ3v) is 5.62. The summed E-state index contributed by atoms with van der Waals surface area (Å²) in [5.41, 5.74) is 12.0. The number of anilines is 1. The normalized spacial score (nSPS) is 15.7. The molecule has 0 aliphatic carbocycles. The van der Waals surface area contributed by atoms with E-state index in [1.54, 1.807) is 18.2 Å². The molecule has 14 heteroatoms. The van der Waals surface area contributed by atoms with E-state index in [0.717, 1.165) is 10.5 Å². The van der Waals surface area contributed by atoms with Gasteiger partial charge in [0.2, 0.25) is 5.91 Å². The highest BCUT2D eigenvalue weighted by Crippen LogP contribution is 2.28. The van der Waals surface area contributed by atoms with Crippen LogP contribution in [0.1, 0.15) is 42.1 Å². The molecule has 192 valence electrons. The van der Waals surface area contributed by atoms with Crippen molar-refractivity contribution in [2.75, 3.05) is 18.5 Å². The van der Waals surface area contributed by atoms with E-state index in [-0.39, 0.29) is 16.9 Å². The molecule has 1 aromatic carbocycles. The van der Waals surface area contributed by atoms with E-state index in [1.807, 2.05) is 0 Å². The number of halogens is 3. The fraction of sp³-hybridized carbons (Fsp3) is 0.476. The molecule has 1 aliphatic rings. The van der Waals surface area contributed by atoms with Crippen LogP contribution in [0.25, 0.3) is 0 Å². The Morgan fingerprint density at radius 1 is 1.26 bits per heavy atom. The minimum atomic E-state index is -5.33. The molecule has 10 nitrogen and oxygen atoms in total. The van der Waals surface area contributed by atoms with Gasteiger partial charge in [-0.2, -0.15) is 25.8 Å². The van der Waals surface area contributed by atoms with Gasteiger partial charge in [-0.1, -0.05) is 6.07 Å². The number of nitrogens with zero attached hydrogens (tertiary/aromatic N) is 3. The lowest BCUT2D eigenvalue weighted by Gasteiger charge is -2.26. The number of aliphatic imine (C=N–C) groups is 1. The Morgan fingerprint density at radius 3 is 2.51 bits per heavy atom. The third kappa shape index (κ3) is 7.60. The average Bonchev–Trinajstić information content (AvgIpc) is 2.83. The number of carbonyl (C=O) groups excluding carboxylic acids is 4. The number of fused-ring (bicyclic) bond motifs is 1. The highest BCUT2D eigenvalue weighted by molar-refractivity contribution is 7.80. The highest BCUT2D eigenvalue weighted by Gasteiger charge is 2.43. The van der Waals surface area contributed by atoms with E-state index in [1.165, 1.54) is 18.9 Å². The molecule has 0 radical (unpaired) electrons. The van der Waals surface area contributed by atoms with Crippen molar-refractivity contribution in [2.45, 2.75) is 50.2 Å². The summed E-state index contributed by atoms with van der Waals surface area (Å²) >= 11 is 4.27. The molecule has 2 unspecified atom stereocenters. The van der Waals surface area contributed by atoms with E-state index in [0.29, 0.717) is 24.9 Å². The Kier molecular flexibility index (Phi) is 9.12. The van der Waals surface area contributed by atoms with Crippen molar-refractivity contribution in [2.24, 2.45) is 16.5 Å². The summed E-state index contributed by atoms with van der Waals surface area (Å²) < 4.78 is 40.8. The number of benzene rings is 1. The number of thiol groups is 1. The molecule has 0 fully saturated rings. The van der Waals surface area contributed by atoms with Crippen molar-refractivity contribution in [3.63, 3.8) is 0 Å². The Morgan fingerprint density at radius 2 is 1.91 bits per heavy atom. The molecule has 1 aliphatic heterocycles. The number of guanidine groups is 1. The van der Waals surface area contributed by atoms with Gasteiger partial charge in [-0.15, -0.1) is 0 Å². The van der Waals surface area contributed by atoms with E-state index in [9.17, 15) is 32.3 Å². The van der Waals surface area contributed by atoms with Crippen LogP contribution in [0.5, 0.6) is 0 Å². The van der Waals surface area contributed by atoms with Crippen LogP contribution in [0, 0.1) is 0 Å². The summed E-state index contributed by atoms with van der Waals surface area (Å²) in [6, 6.07) is 3.99. The molecule has 1 aromatic rings. The number of rotatable bonds is 8. The summed E-state index contributed by atoms with van der Waals surface area (Å²) in [5.74, 6) is -5.24. The maximum atomic E-state index is 13.3. The smallest absolute Gasteiger partial charge is 0.386 e. The summed E-state index contributed by atoms with van der Waals surface area (Å²) in [4.78, 5) is 54.9. The van der Waals surface area contributed by atoms with Crippen molar-refractivity contribution in [3.8, 4) is 0 Å². The first-order chi connectivity index (χ1) is 16.2. The number of carbonyl (C=O) groups is 4. The molecule has 2 rings (SSSR count). The summed E-state index contributed by atoms with van der Waals surface area (Å²) in [6.07, 6.45) is -4.29. The van der Waals surface area contributed by atoms with E-state index in [2.05, 4.69) is 22.4 Å². The second-order valence-electron chi connectivity index (χ2n) is 7.98. The van der Waals surface area contributed by atoms with Crippen LogP contribution in [0.15, 0.2) is 23.2 Å². The molecule has 35 heavy (non-hydrogen) atoms. The fourth-order valence-electron chi connectivity index (χ4n) is 3.45. The largest absolute Gasteiger partial charge is 0.491 e. The van der Waals surface area contributed by atoms with Gasteiger partial charge in [0.15, 0.2) is 5.96 Å². The zero-order valence-corrected chi connectivity index (χ0v) is 19.9. The molecule has 0 aromatic heterocycles. The summed E-state index contributed by atoms with van der Waals surface area (Å²) in [7, 11) is 1.49. The maximum Gasteiger partial charge on any atom is 0.491 e. The van der Waals surface area contributed by atoms with Gasteiger partial charge in [-0.25, -0.2) is 9.79 Å². The Labute approximate surface area is 204 Å². The van der Waals surface area contributed by atoms with Gasteiger partial charge in [0.1, 0.15) is 6.54 Å². The first kappa shape index (κ1) is 28.0. The van der Waals surface area contributed by atoms with Crippen LogP contribution in [0.2, 0.25) is 0 Å². The number of aryl methyl sites for hydroxylation is 1. The van der Waals surface area contributed by atoms with Crippen LogP contribution in [-0.2, 0) is 25.5 Å². The first-order valence-corrected chi connectivity index (χ1v) is 11.0. The van der Waals surface area contributed by atoms with Gasteiger partial charge in [0.05, 0.1) is 23.0 Å². The second kappa shape index (κ2) is 11.4. The molecule has 4 N–H and O–H groups in total. The lowest BCUT2D eigenvalue weighted by atomic mass is 10.0. The minimum absolute atomic E-state index is 0.0748. The predicted octanol–water partition coefficient (Wildman–Crippen LogP) is 1.37. The lowest BCUT2D eigenvalue weighted by Crippen LogP contribution is -2.44. The number of nitrogens with two attached hydrogens (primary N) is 2. The predicted molar refractivity (Wildman–Crippen MR) is 124 cm³/mol. The molecule has 0 bridgehead atoms. The molecule has 0 saturated carbocycles. The minimum Gasteiger partial charge on any atom is -0.386 e. The first-order valence-electron chi connectivity index (χ1n) is 10.5. The van der Waals surface area contributed by atoms with Crippen LogP contribution >= 0.6 is 12.6 Å². The zero-order valence-electron chi connectivity index (χ0n) is 19.0. The SMILES string of the molecule is CC(CC(=O)OC(=O)C(F)(F)F)N1CC(=O)N(C)c2ccc(CCCC(S)N=C(N)N)cc2C1=O. The number of esters is 2. The van der Waals surface area contributed by atoms with Crippen molar-refractivity contribution in [1.82, 2.24) is 4.90 Å². The second-order valence-corrected chi connectivity index (χ2v) is 8.57. The summed E-state index contributed by atoms with van der Waals surface area (Å²) in [6.45, 7) is 0.955. The van der Waals surface area contributed by atoms with Crippen LogP contribution < -0.4 is 16.4 Å². The van der Waals surface area contributed by atoms with Gasteiger partial charge in [-0.05, 0) is 43.9 Å². The fourth-order valence-corrected chi connectivity index (χ4v) is 3.77. The number of alkyl halides is 3. The standard InChI is InChI=1S/C21H26F3N5O5S/c1-11(8-17(31)34-19(33)21(22,23)24)29-10-16(30)28(2)14-7-6-12(9-13(14)18(29)32)4-3-5-15(35)27-20(25)26/h6-7,9,11,15,35H,3-5,8,10H2,1-2H3,(H4,25,26,27). The third-order valence-electron chi connectivity index (χ3n) is 5.25. The molecule has 2 atom stereocenters. The quantitative estimate of drug-likeness (QED) is 0.155. The van der Waals surface area contributed by atoms with Crippen LogP contribution in [-0.4, -0.2) is 65.8 Å². The number of amides is 2. The van der Waals surface area contributed by atoms with Gasteiger partial charge in [0, 0.05) is 13.1 Å². The Hall–Kier alpha value is -3.29. The van der Waals surface area contributed by atoms with Crippen LogP contribution in [0.3, 0.4) is 0 Å². The van der Waals surface area contributed by atoms with Gasteiger partial charge in [0.25, 0.3) is 5.91 Å². The maximum absolute atomic E-state index is 13.3. The number of hydrogen-bond donors (Lipinski definition) is 3. The van der Waals surface area contributed by atoms with Crippen molar-refractivity contribution in [1.29, 1.82) is 0 Å².